The van der Waals surface area contributed by atoms with Gasteiger partial charge in [-0.25, -0.2) is 0 Å². The van der Waals surface area contributed by atoms with E-state index in [0.29, 0.717) is 28.7 Å². The van der Waals surface area contributed by atoms with Crippen LogP contribution in [0, 0.1) is 0 Å². The molecule has 2 atom stereocenters. The number of hydrogen-bond acceptors (Lipinski definition) is 7. The lowest BCUT2D eigenvalue weighted by atomic mass is 10.0. The average Bonchev–Trinajstić information content (AvgIpc) is 3.22. The van der Waals surface area contributed by atoms with Crippen LogP contribution in [0.2, 0.25) is 0 Å². The Balaban J connectivity index is 1.87. The van der Waals surface area contributed by atoms with Gasteiger partial charge in [-0.15, -0.1) is 0 Å². The minimum atomic E-state index is -0.171. The summed E-state index contributed by atoms with van der Waals surface area (Å²) in [6.07, 6.45) is 1.32. The molecule has 0 aliphatic carbocycles. The second-order valence-corrected chi connectivity index (χ2v) is 6.42. The largest absolute Gasteiger partial charge is 0.504 e. The number of hydrogen-bond donors (Lipinski definition) is 1. The Morgan fingerprint density at radius 2 is 1.11 bits per heavy atom. The van der Waals surface area contributed by atoms with Gasteiger partial charge in [0.1, 0.15) is 0 Å². The molecule has 0 unspecified atom stereocenters. The van der Waals surface area contributed by atoms with Crippen LogP contribution in [0.3, 0.4) is 0 Å². The first-order chi connectivity index (χ1) is 13.6. The highest BCUT2D eigenvalue weighted by molar-refractivity contribution is 5.55. The maximum absolute atomic E-state index is 10.2. The van der Waals surface area contributed by atoms with E-state index in [1.54, 1.807) is 27.4 Å². The number of phenolic OH excluding ortho intramolecular Hbond substituents is 1. The molecule has 3 rings (SSSR count). The summed E-state index contributed by atoms with van der Waals surface area (Å²) >= 11 is 0. The van der Waals surface area contributed by atoms with Crippen LogP contribution in [-0.2, 0) is 4.74 Å². The van der Waals surface area contributed by atoms with Crippen molar-refractivity contribution in [2.45, 2.75) is 25.0 Å². The Hall–Kier alpha value is -2.80. The minimum absolute atomic E-state index is 0.0247. The fraction of sp³-hybridized carbons (Fsp3) is 0.429. The van der Waals surface area contributed by atoms with E-state index in [-0.39, 0.29) is 18.0 Å². The first-order valence-electron chi connectivity index (χ1n) is 8.96. The summed E-state index contributed by atoms with van der Waals surface area (Å²) in [6.45, 7) is 0. The van der Waals surface area contributed by atoms with Crippen molar-refractivity contribution in [3.8, 4) is 34.5 Å². The number of ether oxygens (including phenoxy) is 6. The molecule has 28 heavy (non-hydrogen) atoms. The van der Waals surface area contributed by atoms with Crippen LogP contribution in [-0.4, -0.2) is 40.7 Å². The van der Waals surface area contributed by atoms with E-state index in [4.69, 9.17) is 28.4 Å². The van der Waals surface area contributed by atoms with Crippen molar-refractivity contribution in [3.63, 3.8) is 0 Å². The quantitative estimate of drug-likeness (QED) is 0.765. The average molecular weight is 390 g/mol. The van der Waals surface area contributed by atoms with Crippen LogP contribution in [0.4, 0.5) is 0 Å². The number of rotatable bonds is 7. The van der Waals surface area contributed by atoms with Crippen LogP contribution < -0.4 is 23.7 Å². The Bertz CT molecular complexity index is 809. The van der Waals surface area contributed by atoms with Gasteiger partial charge in [-0.3, -0.25) is 0 Å². The molecule has 1 aliphatic rings. The van der Waals surface area contributed by atoms with E-state index in [1.807, 2.05) is 18.2 Å². The Morgan fingerprint density at radius 3 is 1.54 bits per heavy atom. The Kier molecular flexibility index (Phi) is 6.04. The third-order valence-corrected chi connectivity index (χ3v) is 4.93. The van der Waals surface area contributed by atoms with Crippen molar-refractivity contribution in [1.29, 1.82) is 0 Å². The third-order valence-electron chi connectivity index (χ3n) is 4.93. The van der Waals surface area contributed by atoms with Gasteiger partial charge in [-0.1, -0.05) is 0 Å². The molecule has 7 heteroatoms. The van der Waals surface area contributed by atoms with Gasteiger partial charge in [0.2, 0.25) is 11.5 Å². The zero-order valence-electron chi connectivity index (χ0n) is 16.8. The van der Waals surface area contributed by atoms with Gasteiger partial charge in [0.25, 0.3) is 0 Å². The lowest BCUT2D eigenvalue weighted by Crippen LogP contribution is -2.03. The molecule has 0 amide bonds. The zero-order valence-corrected chi connectivity index (χ0v) is 16.8. The van der Waals surface area contributed by atoms with Crippen LogP contribution in [0.15, 0.2) is 24.3 Å². The van der Waals surface area contributed by atoms with Crippen molar-refractivity contribution in [3.05, 3.63) is 35.4 Å². The van der Waals surface area contributed by atoms with E-state index >= 15 is 0 Å². The fourth-order valence-electron chi connectivity index (χ4n) is 3.57. The summed E-state index contributed by atoms with van der Waals surface area (Å²) in [6, 6.07) is 7.30. The molecule has 1 aliphatic heterocycles. The zero-order chi connectivity index (χ0) is 20.3. The number of benzene rings is 2. The molecule has 0 bridgehead atoms. The molecule has 1 heterocycles. The van der Waals surface area contributed by atoms with Gasteiger partial charge in [0.15, 0.2) is 23.0 Å². The van der Waals surface area contributed by atoms with E-state index < -0.39 is 0 Å². The standard InChI is InChI=1S/C21H26O7/c1-23-17-9-12(8-14(22)20(17)26-4)15-6-7-16(28-15)13-10-18(24-2)21(27-5)19(11-13)25-3/h8-11,15-16,22H,6-7H2,1-5H3/t15-,16-/m1/s1. The lowest BCUT2D eigenvalue weighted by molar-refractivity contribution is 0.0435. The summed E-state index contributed by atoms with van der Waals surface area (Å²) < 4.78 is 33.1. The van der Waals surface area contributed by atoms with Gasteiger partial charge in [-0.2, -0.15) is 0 Å². The monoisotopic (exact) mass is 390 g/mol. The van der Waals surface area contributed by atoms with Crippen LogP contribution in [0.5, 0.6) is 34.5 Å². The molecule has 152 valence electrons. The maximum atomic E-state index is 10.2. The minimum Gasteiger partial charge on any atom is -0.504 e. The highest BCUT2D eigenvalue weighted by Gasteiger charge is 2.30. The molecule has 1 N–H and O–H groups in total. The van der Waals surface area contributed by atoms with Gasteiger partial charge in [0.05, 0.1) is 47.8 Å². The Morgan fingerprint density at radius 1 is 0.679 bits per heavy atom. The summed E-state index contributed by atoms with van der Waals surface area (Å²) in [7, 11) is 7.78. The molecule has 0 radical (unpaired) electrons. The van der Waals surface area contributed by atoms with E-state index in [9.17, 15) is 5.11 Å². The summed E-state index contributed by atoms with van der Waals surface area (Å²) in [4.78, 5) is 0. The number of phenols is 1. The van der Waals surface area contributed by atoms with Crippen molar-refractivity contribution in [2.24, 2.45) is 0 Å². The molecule has 2 aromatic rings. The predicted octanol–water partition coefficient (Wildman–Crippen LogP) is 4.03. The van der Waals surface area contributed by atoms with Gasteiger partial charge >= 0.3 is 0 Å². The summed E-state index contributed by atoms with van der Waals surface area (Å²) in [5.74, 6) is 2.54. The molecule has 0 saturated carbocycles. The summed E-state index contributed by atoms with van der Waals surface area (Å²) in [5, 5.41) is 10.2. The van der Waals surface area contributed by atoms with Crippen LogP contribution in [0.25, 0.3) is 0 Å². The smallest absolute Gasteiger partial charge is 0.203 e. The molecular weight excluding hydrogens is 364 g/mol. The normalized spacial score (nSPS) is 18.6. The van der Waals surface area contributed by atoms with E-state index in [0.717, 1.165) is 24.0 Å². The van der Waals surface area contributed by atoms with Crippen molar-refractivity contribution < 1.29 is 33.5 Å². The molecule has 7 nitrogen and oxygen atoms in total. The third kappa shape index (κ3) is 3.62. The molecule has 0 aromatic heterocycles. The second-order valence-electron chi connectivity index (χ2n) is 6.42. The summed E-state index contributed by atoms with van der Waals surface area (Å²) in [5.41, 5.74) is 1.78. The van der Waals surface area contributed by atoms with E-state index in [2.05, 4.69) is 0 Å². The molecular formula is C21H26O7. The lowest BCUT2D eigenvalue weighted by Gasteiger charge is -2.19. The van der Waals surface area contributed by atoms with Crippen molar-refractivity contribution in [2.75, 3.05) is 35.5 Å². The number of methoxy groups -OCH3 is 5. The van der Waals surface area contributed by atoms with Crippen LogP contribution in [0.1, 0.15) is 36.2 Å². The fourth-order valence-corrected chi connectivity index (χ4v) is 3.57. The molecule has 1 saturated heterocycles. The highest BCUT2D eigenvalue weighted by atomic mass is 16.5. The maximum Gasteiger partial charge on any atom is 0.203 e. The topological polar surface area (TPSA) is 75.6 Å². The molecule has 1 fully saturated rings. The van der Waals surface area contributed by atoms with Gasteiger partial charge in [0, 0.05) is 0 Å². The predicted molar refractivity (Wildman–Crippen MR) is 103 cm³/mol. The molecule has 0 spiro atoms. The van der Waals surface area contributed by atoms with Crippen molar-refractivity contribution >= 4 is 0 Å². The molecule has 2 aromatic carbocycles. The van der Waals surface area contributed by atoms with E-state index in [1.165, 1.54) is 14.2 Å². The highest BCUT2D eigenvalue weighted by Crippen LogP contribution is 2.48. The first-order valence-corrected chi connectivity index (χ1v) is 8.96. The number of aromatic hydroxyl groups is 1. The van der Waals surface area contributed by atoms with Crippen LogP contribution >= 0.6 is 0 Å². The van der Waals surface area contributed by atoms with Gasteiger partial charge < -0.3 is 33.5 Å². The SMILES string of the molecule is COc1cc([C@H]2CC[C@H](c3cc(OC)c(OC)c(OC)c3)O2)cc(O)c1OC. The van der Waals surface area contributed by atoms with Crippen molar-refractivity contribution in [1.82, 2.24) is 0 Å². The Labute approximate surface area is 164 Å². The second kappa shape index (κ2) is 8.48. The first kappa shape index (κ1) is 19.9. The van der Waals surface area contributed by atoms with Gasteiger partial charge in [-0.05, 0) is 48.2 Å².